The van der Waals surface area contributed by atoms with E-state index in [1.54, 1.807) is 0 Å². The summed E-state index contributed by atoms with van der Waals surface area (Å²) in [5.74, 6) is 0.780. The van der Waals surface area contributed by atoms with Gasteiger partial charge in [0.1, 0.15) is 5.75 Å². The van der Waals surface area contributed by atoms with Crippen molar-refractivity contribution >= 4 is 22.4 Å². The molecule has 3 aromatic carbocycles. The van der Waals surface area contributed by atoms with Gasteiger partial charge in [-0.1, -0.05) is 48.5 Å². The smallest absolute Gasteiger partial charge is 0.120 e. The predicted octanol–water partition coefficient (Wildman–Crippen LogP) is 5.69. The topological polar surface area (TPSA) is 33.0 Å². The Balaban J connectivity index is 1.98. The first-order valence-corrected chi connectivity index (χ1v) is 8.03. The second kappa shape index (κ2) is 7.02. The molecule has 118 valence electrons. The molecule has 2 heteroatoms. The molecular weight excluding hydrogens is 294 g/mol. The molecule has 3 aromatic rings. The Hall–Kier alpha value is -3.05. The largest absolute Gasteiger partial charge is 0.491 e. The molecule has 0 saturated carbocycles. The Morgan fingerprint density at radius 1 is 0.958 bits per heavy atom. The molecule has 0 unspecified atom stereocenters. The molecule has 0 atom stereocenters. The Labute approximate surface area is 142 Å². The minimum Gasteiger partial charge on any atom is -0.491 e. The van der Waals surface area contributed by atoms with Gasteiger partial charge < -0.3 is 4.74 Å². The highest BCUT2D eigenvalue weighted by molar-refractivity contribution is 5.92. The average Bonchev–Trinajstić information content (AvgIpc) is 2.59. The van der Waals surface area contributed by atoms with Gasteiger partial charge in [0.15, 0.2) is 0 Å². The summed E-state index contributed by atoms with van der Waals surface area (Å²) >= 11 is 0. The highest BCUT2D eigenvalue weighted by Gasteiger charge is 2.05. The van der Waals surface area contributed by atoms with E-state index >= 15 is 0 Å². The molecule has 0 spiro atoms. The lowest BCUT2D eigenvalue weighted by Crippen LogP contribution is -2.05. The fourth-order valence-electron chi connectivity index (χ4n) is 2.65. The van der Waals surface area contributed by atoms with Gasteiger partial charge in [-0.15, -0.1) is 0 Å². The van der Waals surface area contributed by atoms with E-state index in [9.17, 15) is 5.26 Å². The first-order chi connectivity index (χ1) is 11.7. The molecule has 0 amide bonds. The maximum absolute atomic E-state index is 9.57. The van der Waals surface area contributed by atoms with Gasteiger partial charge in [-0.2, -0.15) is 5.26 Å². The van der Waals surface area contributed by atoms with Gasteiger partial charge in [0.2, 0.25) is 0 Å². The summed E-state index contributed by atoms with van der Waals surface area (Å²) in [6.45, 7) is 3.98. The van der Waals surface area contributed by atoms with E-state index in [1.165, 1.54) is 10.8 Å². The van der Waals surface area contributed by atoms with E-state index < -0.39 is 0 Å². The highest BCUT2D eigenvalue weighted by Crippen LogP contribution is 2.24. The Morgan fingerprint density at radius 3 is 2.50 bits per heavy atom. The monoisotopic (exact) mass is 313 g/mol. The lowest BCUT2D eigenvalue weighted by atomic mass is 10.0. The summed E-state index contributed by atoms with van der Waals surface area (Å²) in [6.07, 6.45) is 2.02. The van der Waals surface area contributed by atoms with Crippen LogP contribution < -0.4 is 4.74 Å². The minimum absolute atomic E-state index is 0.107. The molecule has 0 aliphatic rings. The molecule has 0 N–H and O–H groups in total. The molecule has 0 fully saturated rings. The zero-order valence-corrected chi connectivity index (χ0v) is 13.9. The summed E-state index contributed by atoms with van der Waals surface area (Å²) in [7, 11) is 0. The third-order valence-corrected chi connectivity index (χ3v) is 3.72. The summed E-state index contributed by atoms with van der Waals surface area (Å²) < 4.78 is 5.72. The molecule has 0 heterocycles. The van der Waals surface area contributed by atoms with Crippen LogP contribution in [0.5, 0.6) is 5.75 Å². The third kappa shape index (κ3) is 3.64. The normalized spacial score (nSPS) is 11.5. The van der Waals surface area contributed by atoms with Gasteiger partial charge in [-0.3, -0.25) is 0 Å². The average molecular weight is 313 g/mol. The van der Waals surface area contributed by atoms with Gasteiger partial charge in [0.25, 0.3) is 0 Å². The van der Waals surface area contributed by atoms with E-state index in [1.807, 2.05) is 62.4 Å². The number of allylic oxidation sites excluding steroid dienone is 1. The van der Waals surface area contributed by atoms with E-state index in [-0.39, 0.29) is 6.10 Å². The summed E-state index contributed by atoms with van der Waals surface area (Å²) in [6, 6.07) is 24.4. The fourth-order valence-corrected chi connectivity index (χ4v) is 2.65. The summed E-state index contributed by atoms with van der Waals surface area (Å²) in [5.41, 5.74) is 2.50. The second-order valence-corrected chi connectivity index (χ2v) is 5.97. The van der Waals surface area contributed by atoms with Crippen LogP contribution in [0, 0.1) is 11.3 Å². The van der Waals surface area contributed by atoms with Crippen molar-refractivity contribution in [3.63, 3.8) is 0 Å². The van der Waals surface area contributed by atoms with Crippen molar-refractivity contribution in [3.8, 4) is 11.8 Å². The molecule has 0 aliphatic carbocycles. The summed E-state index contributed by atoms with van der Waals surface area (Å²) in [4.78, 5) is 0. The second-order valence-electron chi connectivity index (χ2n) is 5.97. The standard InChI is InChI=1S/C22H19NO/c1-16(2)24-22-9-5-8-20(14-22)21(15-23)13-17-10-11-18-6-3-4-7-19(18)12-17/h3-14,16H,1-2H3. The molecular formula is C22H19NO. The Bertz CT molecular complexity index is 932. The number of hydrogen-bond donors (Lipinski definition) is 0. The van der Waals surface area contributed by atoms with Crippen molar-refractivity contribution < 1.29 is 4.74 Å². The van der Waals surface area contributed by atoms with E-state index in [2.05, 4.69) is 30.3 Å². The first kappa shape index (κ1) is 15.8. The number of hydrogen-bond acceptors (Lipinski definition) is 2. The van der Waals surface area contributed by atoms with Gasteiger partial charge in [-0.05, 0) is 60.0 Å². The fraction of sp³-hybridized carbons (Fsp3) is 0.136. The molecule has 0 radical (unpaired) electrons. The lowest BCUT2D eigenvalue weighted by Gasteiger charge is -2.10. The van der Waals surface area contributed by atoms with Crippen LogP contribution in [0.4, 0.5) is 0 Å². The van der Waals surface area contributed by atoms with E-state index in [4.69, 9.17) is 4.74 Å². The van der Waals surface area contributed by atoms with Crippen molar-refractivity contribution in [3.05, 3.63) is 77.9 Å². The lowest BCUT2D eigenvalue weighted by molar-refractivity contribution is 0.242. The Morgan fingerprint density at radius 2 is 1.75 bits per heavy atom. The van der Waals surface area contributed by atoms with Crippen LogP contribution in [0.1, 0.15) is 25.0 Å². The number of ether oxygens (including phenoxy) is 1. The predicted molar refractivity (Wildman–Crippen MR) is 99.6 cm³/mol. The molecule has 2 nitrogen and oxygen atoms in total. The number of benzene rings is 3. The maximum Gasteiger partial charge on any atom is 0.120 e. The van der Waals surface area contributed by atoms with Gasteiger partial charge >= 0.3 is 0 Å². The van der Waals surface area contributed by atoms with E-state index in [0.29, 0.717) is 5.57 Å². The summed E-state index contributed by atoms with van der Waals surface area (Å²) in [5, 5.41) is 11.9. The van der Waals surface area contributed by atoms with Crippen molar-refractivity contribution in [1.29, 1.82) is 5.26 Å². The van der Waals surface area contributed by atoms with Crippen molar-refractivity contribution in [2.24, 2.45) is 0 Å². The molecule has 24 heavy (non-hydrogen) atoms. The zero-order chi connectivity index (χ0) is 16.9. The zero-order valence-electron chi connectivity index (χ0n) is 13.9. The van der Waals surface area contributed by atoms with Crippen LogP contribution >= 0.6 is 0 Å². The van der Waals surface area contributed by atoms with Crippen molar-refractivity contribution in [2.45, 2.75) is 20.0 Å². The maximum atomic E-state index is 9.57. The molecule has 0 bridgehead atoms. The van der Waals surface area contributed by atoms with Crippen LogP contribution in [-0.4, -0.2) is 6.10 Å². The van der Waals surface area contributed by atoms with Crippen LogP contribution in [0.25, 0.3) is 22.4 Å². The van der Waals surface area contributed by atoms with Gasteiger partial charge in [-0.25, -0.2) is 0 Å². The SMILES string of the molecule is CC(C)Oc1cccc(C(C#N)=Cc2ccc3ccccc3c2)c1. The first-order valence-electron chi connectivity index (χ1n) is 8.03. The molecule has 0 saturated heterocycles. The molecule has 0 aliphatic heterocycles. The van der Waals surface area contributed by atoms with Crippen LogP contribution in [-0.2, 0) is 0 Å². The van der Waals surface area contributed by atoms with Crippen LogP contribution in [0.3, 0.4) is 0 Å². The van der Waals surface area contributed by atoms with Crippen LogP contribution in [0.2, 0.25) is 0 Å². The number of rotatable bonds is 4. The number of nitrogens with zero attached hydrogens (tertiary/aromatic N) is 1. The molecule has 0 aromatic heterocycles. The number of fused-ring (bicyclic) bond motifs is 1. The minimum atomic E-state index is 0.107. The quantitative estimate of drug-likeness (QED) is 0.458. The third-order valence-electron chi connectivity index (χ3n) is 3.72. The number of nitriles is 1. The Kier molecular flexibility index (Phi) is 4.63. The van der Waals surface area contributed by atoms with Crippen molar-refractivity contribution in [1.82, 2.24) is 0 Å². The highest BCUT2D eigenvalue weighted by atomic mass is 16.5. The van der Waals surface area contributed by atoms with Gasteiger partial charge in [0.05, 0.1) is 17.7 Å². The van der Waals surface area contributed by atoms with Gasteiger partial charge in [0, 0.05) is 0 Å². The van der Waals surface area contributed by atoms with Crippen molar-refractivity contribution in [2.75, 3.05) is 0 Å². The molecule has 3 rings (SSSR count). The van der Waals surface area contributed by atoms with E-state index in [0.717, 1.165) is 16.9 Å². The van der Waals surface area contributed by atoms with Crippen LogP contribution in [0.15, 0.2) is 66.7 Å².